The number of nitrogens with one attached hydrogen (secondary N) is 1. The molecule has 0 aliphatic rings. The molecule has 7 nitrogen and oxygen atoms in total. The summed E-state index contributed by atoms with van der Waals surface area (Å²) in [5.74, 6) is 1.24. The highest BCUT2D eigenvalue weighted by atomic mass is 32.2. The molecule has 3 heterocycles. The van der Waals surface area contributed by atoms with Gasteiger partial charge in [0.25, 0.3) is 0 Å². The monoisotopic (exact) mass is 441 g/mol. The van der Waals surface area contributed by atoms with Gasteiger partial charge in [-0.3, -0.25) is 14.3 Å². The Bertz CT molecular complexity index is 1380. The number of benzene rings is 2. The fourth-order valence-corrected chi connectivity index (χ4v) is 4.22. The number of anilines is 1. The number of pyridine rings is 1. The van der Waals surface area contributed by atoms with Crippen LogP contribution in [0, 0.1) is 6.92 Å². The van der Waals surface area contributed by atoms with E-state index in [4.69, 9.17) is 4.42 Å². The molecule has 0 saturated heterocycles. The minimum absolute atomic E-state index is 0.132. The Morgan fingerprint density at radius 1 is 1.03 bits per heavy atom. The molecule has 0 radical (unpaired) electrons. The van der Waals surface area contributed by atoms with E-state index in [2.05, 4.69) is 20.5 Å². The first-order valence-corrected chi connectivity index (χ1v) is 11.0. The van der Waals surface area contributed by atoms with E-state index in [-0.39, 0.29) is 11.7 Å². The van der Waals surface area contributed by atoms with Crippen LogP contribution in [0.4, 0.5) is 5.69 Å². The minimum atomic E-state index is -0.132. The number of hydrogen-bond acceptors (Lipinski definition) is 6. The first kappa shape index (κ1) is 20.0. The molecule has 32 heavy (non-hydrogen) atoms. The molecule has 1 amide bonds. The van der Waals surface area contributed by atoms with Crippen LogP contribution in [0.2, 0.25) is 0 Å². The van der Waals surface area contributed by atoms with Gasteiger partial charge in [-0.25, -0.2) is 0 Å². The molecule has 0 fully saturated rings. The Balaban J connectivity index is 1.39. The number of hydrogen-bond donors (Lipinski definition) is 1. The topological polar surface area (TPSA) is 85.8 Å². The molecule has 0 atom stereocenters. The Morgan fingerprint density at radius 2 is 1.84 bits per heavy atom. The molecule has 0 spiro atoms. The molecule has 0 saturated carbocycles. The quantitative estimate of drug-likeness (QED) is 0.368. The lowest BCUT2D eigenvalue weighted by Gasteiger charge is -2.11. The van der Waals surface area contributed by atoms with Crippen molar-refractivity contribution in [2.24, 2.45) is 0 Å². The molecule has 0 aliphatic heterocycles. The standard InChI is InChI=1S/C24H19N5O2S/c1-16-14-20(18-10-5-6-11-19(18)25-16)26-22(30)15-32-24-28-27-23(21-12-7-13-31-21)29(24)17-8-3-2-4-9-17/h2-14H,15H2,1H3,(H,25,26,30). The Morgan fingerprint density at radius 3 is 2.66 bits per heavy atom. The zero-order valence-corrected chi connectivity index (χ0v) is 18.0. The summed E-state index contributed by atoms with van der Waals surface area (Å²) in [6.45, 7) is 1.91. The number of rotatable bonds is 6. The van der Waals surface area contributed by atoms with E-state index in [1.54, 1.807) is 12.3 Å². The van der Waals surface area contributed by atoms with Crippen LogP contribution in [0.1, 0.15) is 5.69 Å². The second-order valence-corrected chi connectivity index (χ2v) is 8.06. The van der Waals surface area contributed by atoms with Crippen LogP contribution in [0.25, 0.3) is 28.2 Å². The summed E-state index contributed by atoms with van der Waals surface area (Å²) < 4.78 is 7.43. The van der Waals surface area contributed by atoms with Crippen LogP contribution in [-0.4, -0.2) is 31.4 Å². The summed E-state index contributed by atoms with van der Waals surface area (Å²) in [6.07, 6.45) is 1.60. The van der Waals surface area contributed by atoms with Gasteiger partial charge in [-0.15, -0.1) is 10.2 Å². The van der Waals surface area contributed by atoms with E-state index in [1.165, 1.54) is 11.8 Å². The summed E-state index contributed by atoms with van der Waals surface area (Å²) >= 11 is 1.32. The summed E-state index contributed by atoms with van der Waals surface area (Å²) in [5, 5.41) is 13.2. The van der Waals surface area contributed by atoms with E-state index in [0.717, 1.165) is 28.0 Å². The van der Waals surface area contributed by atoms with Gasteiger partial charge in [-0.2, -0.15) is 0 Å². The van der Waals surface area contributed by atoms with Gasteiger partial charge in [0, 0.05) is 16.8 Å². The normalized spacial score (nSPS) is 11.0. The molecule has 5 aromatic rings. The van der Waals surface area contributed by atoms with Crippen molar-refractivity contribution in [3.05, 3.63) is 84.8 Å². The average Bonchev–Trinajstić information content (AvgIpc) is 3.48. The third kappa shape index (κ3) is 4.00. The molecule has 158 valence electrons. The number of carbonyl (C=O) groups excluding carboxylic acids is 1. The van der Waals surface area contributed by atoms with Gasteiger partial charge in [-0.1, -0.05) is 48.2 Å². The van der Waals surface area contributed by atoms with Crippen LogP contribution in [0.5, 0.6) is 0 Å². The molecule has 5 rings (SSSR count). The summed E-state index contributed by atoms with van der Waals surface area (Å²) in [5.41, 5.74) is 3.34. The van der Waals surface area contributed by atoms with E-state index in [0.29, 0.717) is 16.7 Å². The van der Waals surface area contributed by atoms with Crippen LogP contribution >= 0.6 is 11.8 Å². The van der Waals surface area contributed by atoms with E-state index < -0.39 is 0 Å². The van der Waals surface area contributed by atoms with Gasteiger partial charge in [0.1, 0.15) is 0 Å². The lowest BCUT2D eigenvalue weighted by Crippen LogP contribution is -2.15. The predicted octanol–water partition coefficient (Wildman–Crippen LogP) is 5.11. The van der Waals surface area contributed by atoms with Gasteiger partial charge in [-0.05, 0) is 43.3 Å². The highest BCUT2D eigenvalue weighted by Crippen LogP contribution is 2.29. The fourth-order valence-electron chi connectivity index (χ4n) is 3.47. The number of furan rings is 1. The Labute approximate surface area is 188 Å². The minimum Gasteiger partial charge on any atom is -0.461 e. The molecular formula is C24H19N5O2S. The number of carbonyl (C=O) groups is 1. The van der Waals surface area contributed by atoms with Crippen molar-refractivity contribution in [2.45, 2.75) is 12.1 Å². The van der Waals surface area contributed by atoms with E-state index in [1.807, 2.05) is 78.2 Å². The maximum absolute atomic E-state index is 12.8. The Kier molecular flexibility index (Phi) is 5.43. The number of fused-ring (bicyclic) bond motifs is 1. The molecule has 3 aromatic heterocycles. The lowest BCUT2D eigenvalue weighted by atomic mass is 10.1. The lowest BCUT2D eigenvalue weighted by molar-refractivity contribution is -0.113. The number of nitrogens with zero attached hydrogens (tertiary/aromatic N) is 4. The maximum Gasteiger partial charge on any atom is 0.234 e. The highest BCUT2D eigenvalue weighted by Gasteiger charge is 2.19. The van der Waals surface area contributed by atoms with Crippen molar-refractivity contribution < 1.29 is 9.21 Å². The van der Waals surface area contributed by atoms with Crippen LogP contribution < -0.4 is 5.32 Å². The SMILES string of the molecule is Cc1cc(NC(=O)CSc2nnc(-c3ccco3)n2-c2ccccc2)c2ccccc2n1. The van der Waals surface area contributed by atoms with Gasteiger partial charge >= 0.3 is 0 Å². The second kappa shape index (κ2) is 8.68. The van der Waals surface area contributed by atoms with Crippen LogP contribution in [0.3, 0.4) is 0 Å². The van der Waals surface area contributed by atoms with Crippen molar-refractivity contribution in [3.63, 3.8) is 0 Å². The third-order valence-electron chi connectivity index (χ3n) is 4.84. The first-order valence-electron chi connectivity index (χ1n) is 10.0. The first-order chi connectivity index (χ1) is 15.7. The number of amides is 1. The van der Waals surface area contributed by atoms with Crippen molar-refractivity contribution in [1.29, 1.82) is 0 Å². The van der Waals surface area contributed by atoms with E-state index >= 15 is 0 Å². The number of para-hydroxylation sites is 2. The molecule has 1 N–H and O–H groups in total. The zero-order chi connectivity index (χ0) is 21.9. The van der Waals surface area contributed by atoms with Gasteiger partial charge in [0.15, 0.2) is 10.9 Å². The summed E-state index contributed by atoms with van der Waals surface area (Å²) in [7, 11) is 0. The maximum atomic E-state index is 12.8. The average molecular weight is 442 g/mol. The van der Waals surface area contributed by atoms with Crippen LogP contribution in [0.15, 0.2) is 88.6 Å². The summed E-state index contributed by atoms with van der Waals surface area (Å²) in [4.78, 5) is 17.3. The largest absolute Gasteiger partial charge is 0.461 e. The van der Waals surface area contributed by atoms with Crippen LogP contribution in [-0.2, 0) is 4.79 Å². The van der Waals surface area contributed by atoms with Gasteiger partial charge in [0.2, 0.25) is 11.7 Å². The fraction of sp³-hybridized carbons (Fsp3) is 0.0833. The molecule has 0 unspecified atom stereocenters. The number of aromatic nitrogens is 4. The van der Waals surface area contributed by atoms with Crippen molar-refractivity contribution >= 4 is 34.3 Å². The number of aryl methyl sites for hydroxylation is 1. The molecule has 0 bridgehead atoms. The van der Waals surface area contributed by atoms with Crippen molar-refractivity contribution in [2.75, 3.05) is 11.1 Å². The third-order valence-corrected chi connectivity index (χ3v) is 5.77. The second-order valence-electron chi connectivity index (χ2n) is 7.12. The van der Waals surface area contributed by atoms with E-state index in [9.17, 15) is 4.79 Å². The molecule has 0 aliphatic carbocycles. The van der Waals surface area contributed by atoms with Crippen molar-refractivity contribution in [3.8, 4) is 17.3 Å². The Hall–Kier alpha value is -3.91. The molecular weight excluding hydrogens is 422 g/mol. The molecule has 8 heteroatoms. The predicted molar refractivity (Wildman–Crippen MR) is 125 cm³/mol. The van der Waals surface area contributed by atoms with Crippen molar-refractivity contribution in [1.82, 2.24) is 19.7 Å². The van der Waals surface area contributed by atoms with Gasteiger partial charge < -0.3 is 9.73 Å². The smallest absolute Gasteiger partial charge is 0.234 e. The number of thioether (sulfide) groups is 1. The summed E-state index contributed by atoms with van der Waals surface area (Å²) in [6, 6.07) is 23.0. The molecule has 2 aromatic carbocycles. The zero-order valence-electron chi connectivity index (χ0n) is 17.2. The van der Waals surface area contributed by atoms with Gasteiger partial charge in [0.05, 0.1) is 23.2 Å². The highest BCUT2D eigenvalue weighted by molar-refractivity contribution is 7.99.